The van der Waals surface area contributed by atoms with E-state index in [0.717, 1.165) is 116 Å². The monoisotopic (exact) mass is 881 g/mol. The fraction of sp³-hybridized carbons (Fsp3) is 0. The van der Waals surface area contributed by atoms with Gasteiger partial charge < -0.3 is 13.6 Å². The van der Waals surface area contributed by atoms with Crippen molar-refractivity contribution in [2.45, 2.75) is 0 Å². The van der Waals surface area contributed by atoms with E-state index in [0.29, 0.717) is 17.5 Å². The Morgan fingerprint density at radius 1 is 0.290 bits per heavy atom. The minimum absolute atomic E-state index is 0.610. The van der Waals surface area contributed by atoms with Crippen molar-refractivity contribution in [1.82, 2.24) is 24.1 Å². The first kappa shape index (κ1) is 38.8. The topological polar surface area (TPSA) is 61.7 Å². The maximum absolute atomic E-state index is 6.57. The zero-order chi connectivity index (χ0) is 45.4. The molecule has 6 heteroatoms. The normalized spacial score (nSPS) is 11.8. The van der Waals surface area contributed by atoms with Crippen LogP contribution >= 0.6 is 0 Å². The molecule has 322 valence electrons. The number of hydrogen-bond donors (Lipinski definition) is 0. The molecule has 0 amide bonds. The molecule has 4 heterocycles. The van der Waals surface area contributed by atoms with Crippen LogP contribution in [0.3, 0.4) is 0 Å². The highest BCUT2D eigenvalue weighted by Crippen LogP contribution is 2.44. The molecule has 0 radical (unpaired) electrons. The largest absolute Gasteiger partial charge is 0.455 e. The predicted molar refractivity (Wildman–Crippen MR) is 283 cm³/mol. The average Bonchev–Trinajstić information content (AvgIpc) is 4.09. The Labute approximate surface area is 396 Å². The Balaban J connectivity index is 1.02. The minimum Gasteiger partial charge on any atom is -0.455 e. The Hall–Kier alpha value is -9.39. The van der Waals surface area contributed by atoms with E-state index in [1.165, 1.54) is 0 Å². The van der Waals surface area contributed by atoms with Gasteiger partial charge in [0.1, 0.15) is 11.2 Å². The van der Waals surface area contributed by atoms with E-state index in [1.54, 1.807) is 0 Å². The van der Waals surface area contributed by atoms with Crippen LogP contribution in [0.2, 0.25) is 0 Å². The van der Waals surface area contributed by atoms with E-state index in [4.69, 9.17) is 19.4 Å². The van der Waals surface area contributed by atoms with E-state index in [1.807, 2.05) is 48.5 Å². The van der Waals surface area contributed by atoms with Gasteiger partial charge in [0.05, 0.1) is 22.1 Å². The van der Waals surface area contributed by atoms with Crippen LogP contribution in [0.25, 0.3) is 133 Å². The lowest BCUT2D eigenvalue weighted by Crippen LogP contribution is -2.02. The van der Waals surface area contributed by atoms with Gasteiger partial charge in [-0.1, -0.05) is 176 Å². The Bertz CT molecular complexity index is 4230. The molecule has 0 saturated carbocycles. The second-order valence-corrected chi connectivity index (χ2v) is 17.5. The van der Waals surface area contributed by atoms with Crippen molar-refractivity contribution in [3.8, 4) is 67.8 Å². The number of para-hydroxylation sites is 6. The van der Waals surface area contributed by atoms with Gasteiger partial charge in [-0.05, 0) is 71.8 Å². The maximum Gasteiger partial charge on any atom is 0.166 e. The van der Waals surface area contributed by atoms with Crippen molar-refractivity contribution >= 4 is 65.6 Å². The Kier molecular flexibility index (Phi) is 8.79. The maximum atomic E-state index is 6.57. The van der Waals surface area contributed by atoms with Crippen LogP contribution in [-0.4, -0.2) is 24.1 Å². The summed E-state index contributed by atoms with van der Waals surface area (Å²) in [6, 6.07) is 83.4. The molecule has 0 saturated heterocycles. The Morgan fingerprint density at radius 3 is 1.35 bits per heavy atom. The van der Waals surface area contributed by atoms with E-state index < -0.39 is 0 Å². The number of fused-ring (bicyclic) bond motifs is 9. The highest BCUT2D eigenvalue weighted by atomic mass is 16.3. The van der Waals surface area contributed by atoms with Gasteiger partial charge in [0.25, 0.3) is 0 Å². The van der Waals surface area contributed by atoms with Crippen molar-refractivity contribution < 1.29 is 4.42 Å². The molecular weight excluding hydrogens is 843 g/mol. The molecule has 4 aromatic heterocycles. The summed E-state index contributed by atoms with van der Waals surface area (Å²) in [6.45, 7) is 0. The molecule has 0 fully saturated rings. The molecule has 0 unspecified atom stereocenters. The van der Waals surface area contributed by atoms with Gasteiger partial charge in [0, 0.05) is 71.5 Å². The lowest BCUT2D eigenvalue weighted by Gasteiger charge is -2.14. The minimum atomic E-state index is 0.610. The van der Waals surface area contributed by atoms with E-state index in [2.05, 4.69) is 197 Å². The number of furan rings is 1. The molecule has 6 nitrogen and oxygen atoms in total. The van der Waals surface area contributed by atoms with Gasteiger partial charge >= 0.3 is 0 Å². The van der Waals surface area contributed by atoms with Gasteiger partial charge in [-0.3, -0.25) is 0 Å². The quantitative estimate of drug-likeness (QED) is 0.160. The molecule has 14 aromatic rings. The predicted octanol–water partition coefficient (Wildman–Crippen LogP) is 16.3. The number of nitrogens with zero attached hydrogens (tertiary/aromatic N) is 5. The lowest BCUT2D eigenvalue weighted by atomic mass is 9.98. The molecule has 0 aliphatic heterocycles. The van der Waals surface area contributed by atoms with Crippen LogP contribution < -0.4 is 0 Å². The number of hydrogen-bond acceptors (Lipinski definition) is 4. The second kappa shape index (κ2) is 15.6. The average molecular weight is 882 g/mol. The molecule has 0 aliphatic rings. The van der Waals surface area contributed by atoms with Gasteiger partial charge in [-0.25, -0.2) is 15.0 Å². The van der Waals surface area contributed by atoms with E-state index in [9.17, 15) is 0 Å². The summed E-state index contributed by atoms with van der Waals surface area (Å²) in [5.41, 5.74) is 15.5. The van der Waals surface area contributed by atoms with Crippen molar-refractivity contribution in [2.75, 3.05) is 0 Å². The van der Waals surface area contributed by atoms with E-state index >= 15 is 0 Å². The molecule has 69 heavy (non-hydrogen) atoms. The summed E-state index contributed by atoms with van der Waals surface area (Å²) in [4.78, 5) is 15.5. The van der Waals surface area contributed by atoms with Crippen molar-refractivity contribution in [1.29, 1.82) is 0 Å². The van der Waals surface area contributed by atoms with Crippen LogP contribution in [-0.2, 0) is 0 Å². The highest BCUT2D eigenvalue weighted by molar-refractivity contribution is 6.18. The van der Waals surface area contributed by atoms with Crippen LogP contribution in [0.4, 0.5) is 0 Å². The van der Waals surface area contributed by atoms with Gasteiger partial charge in [-0.2, -0.15) is 0 Å². The van der Waals surface area contributed by atoms with E-state index in [-0.39, 0.29) is 0 Å². The van der Waals surface area contributed by atoms with Crippen LogP contribution in [0.5, 0.6) is 0 Å². The zero-order valence-electron chi connectivity index (χ0n) is 37.2. The first-order valence-corrected chi connectivity index (χ1v) is 23.3. The number of benzene rings is 10. The third-order valence-corrected chi connectivity index (χ3v) is 13.6. The zero-order valence-corrected chi connectivity index (χ0v) is 37.2. The summed E-state index contributed by atoms with van der Waals surface area (Å²) in [7, 11) is 0. The molecule has 0 spiro atoms. The molecule has 0 N–H and O–H groups in total. The summed E-state index contributed by atoms with van der Waals surface area (Å²) in [5, 5.41) is 6.82. The molecule has 0 bridgehead atoms. The second-order valence-electron chi connectivity index (χ2n) is 17.5. The van der Waals surface area contributed by atoms with Crippen molar-refractivity contribution in [3.63, 3.8) is 0 Å². The first-order valence-electron chi connectivity index (χ1n) is 23.3. The summed E-state index contributed by atoms with van der Waals surface area (Å²) in [6.07, 6.45) is 0. The van der Waals surface area contributed by atoms with Crippen LogP contribution in [0.15, 0.2) is 241 Å². The first-order chi connectivity index (χ1) is 34.2. The molecule has 10 aromatic carbocycles. The van der Waals surface area contributed by atoms with Crippen molar-refractivity contribution in [3.05, 3.63) is 237 Å². The smallest absolute Gasteiger partial charge is 0.166 e. The van der Waals surface area contributed by atoms with Gasteiger partial charge in [-0.15, -0.1) is 0 Å². The fourth-order valence-corrected chi connectivity index (χ4v) is 10.5. The summed E-state index contributed by atoms with van der Waals surface area (Å²) in [5.74, 6) is 1.86. The third kappa shape index (κ3) is 6.23. The number of aromatic nitrogens is 5. The Morgan fingerprint density at radius 2 is 0.739 bits per heavy atom. The van der Waals surface area contributed by atoms with Crippen LogP contribution in [0.1, 0.15) is 0 Å². The standard InChI is InChI=1S/C63H39N5O/c1-5-18-40(19-6-1)61-64-62(41-20-7-2-8-21-41)66-63(65-61)52-32-17-30-50-49-29-15-27-46(58(49)68(59(50)52)45-24-11-4-12-25-45)42-34-36-55-53(38-42)54-39-43(35-37-56(54)67(55)44-22-9-3-10-23-44)47-28-16-31-51-48-26-13-14-33-57(48)69-60(47)51/h1-39H. The highest BCUT2D eigenvalue weighted by Gasteiger charge is 2.23. The van der Waals surface area contributed by atoms with Gasteiger partial charge in [0.15, 0.2) is 17.5 Å². The molecule has 0 aliphatic carbocycles. The van der Waals surface area contributed by atoms with Crippen LogP contribution in [0, 0.1) is 0 Å². The SMILES string of the molecule is c1ccc(-c2nc(-c3ccccc3)nc(-c3cccc4c5cccc(-c6ccc7c(c6)c6cc(-c8cccc9c8oc8ccccc89)ccc6n7-c6ccccc6)c5n(-c5ccccc5)c34)n2)cc1. The summed E-state index contributed by atoms with van der Waals surface area (Å²) < 4.78 is 11.4. The van der Waals surface area contributed by atoms with Gasteiger partial charge in [0.2, 0.25) is 0 Å². The number of rotatable bonds is 7. The fourth-order valence-electron chi connectivity index (χ4n) is 10.5. The molecule has 0 atom stereocenters. The third-order valence-electron chi connectivity index (χ3n) is 13.6. The lowest BCUT2D eigenvalue weighted by molar-refractivity contribution is 0.670. The summed E-state index contributed by atoms with van der Waals surface area (Å²) >= 11 is 0. The molecule has 14 rings (SSSR count). The molecular formula is C63H39N5O. The van der Waals surface area contributed by atoms with Crippen molar-refractivity contribution in [2.24, 2.45) is 0 Å².